The summed E-state index contributed by atoms with van der Waals surface area (Å²) in [6, 6.07) is 0. The first-order chi connectivity index (χ1) is 35.1. The van der Waals surface area contributed by atoms with E-state index < -0.39 is 220 Å². The molecule has 37 nitrogen and oxygen atoms in total. The molecule has 0 bridgehead atoms. The zero-order chi connectivity index (χ0) is 56.0. The molecule has 75 heavy (non-hydrogen) atoms. The lowest BCUT2D eigenvalue weighted by Crippen LogP contribution is -2.69. The molecule has 0 amide bonds. The van der Waals surface area contributed by atoms with E-state index in [0.717, 1.165) is 14.2 Å². The summed E-state index contributed by atoms with van der Waals surface area (Å²) < 4.78 is 66.5. The Kier molecular flexibility index (Phi) is 19.4. The van der Waals surface area contributed by atoms with Gasteiger partial charge < -0.3 is 153 Å². The van der Waals surface area contributed by atoms with Crippen LogP contribution < -0.4 is 0 Å². The number of carboxylic acids is 4. The molecule has 6 aliphatic rings. The Bertz CT molecular complexity index is 2030. The lowest BCUT2D eigenvalue weighted by Gasteiger charge is -2.48. The van der Waals surface area contributed by atoms with Crippen LogP contribution in [0.2, 0.25) is 0 Å². The first-order valence-corrected chi connectivity index (χ1v) is 21.9. The number of carboxylic acid groups (broad SMARTS) is 4. The summed E-state index contributed by atoms with van der Waals surface area (Å²) in [4.78, 5) is 74.3. The average Bonchev–Trinajstić information content (AvgIpc) is 3.36. The number of aliphatic hydroxyl groups excluding tert-OH is 14. The Morgan fingerprint density at radius 2 is 0.507 bits per heavy atom. The number of ether oxygens (including phenoxy) is 13. The molecule has 0 saturated carbocycles. The van der Waals surface area contributed by atoms with Gasteiger partial charge in [-0.05, 0) is 0 Å². The van der Waals surface area contributed by atoms with Crippen molar-refractivity contribution in [2.24, 2.45) is 0 Å². The van der Waals surface area contributed by atoms with Crippen LogP contribution in [0.3, 0.4) is 0 Å². The minimum absolute atomic E-state index is 0.842. The van der Waals surface area contributed by atoms with Crippen LogP contribution in [-0.4, -0.2) is 326 Å². The zero-order valence-corrected chi connectivity index (χ0v) is 38.1. The molecule has 428 valence electrons. The number of hydrogen-bond donors (Lipinski definition) is 18. The molecule has 0 radical (unpaired) electrons. The third-order valence-electron chi connectivity index (χ3n) is 12.6. The van der Waals surface area contributed by atoms with Crippen molar-refractivity contribution in [1.82, 2.24) is 0 Å². The van der Waals surface area contributed by atoms with Crippen molar-refractivity contribution in [3.05, 3.63) is 0 Å². The normalized spacial score (nSPS) is 48.5. The molecule has 6 rings (SSSR count). The van der Waals surface area contributed by atoms with Crippen LogP contribution in [-0.2, 0) is 90.3 Å². The first kappa shape index (κ1) is 60.1. The van der Waals surface area contributed by atoms with E-state index in [2.05, 4.69) is 9.47 Å². The standard InChI is InChI=1S/C38H54O37/c1-63-32(61)21-4(40)3(39)11(47)34(71-21)66-16-6(42)12(48)35(72-22(16)27(52)53)67-17-7(43)13(49)36(73-23(17)28(54)55)68-18-8(44)14(50)37(74-24(18)29(56)57)69-19-9(45)15(51)38(75-25(19)30(58)59)70-20-5(41)10(46)31(60)65-26(20)33(62)64-2/h3-26,31,34-51,60H,1-2H3,(H,52,53)(H,54,55)(H,56,57)(H,58,59)/t3-,4+,5+,6+,7+,8+,9+,10+,11+,12+,13+,14+,15+,16+,17+,18+,19+,20+,21-,22-,23-,24-,25-,26-,31-,34-,35+,36-,37-,38-/m0/s1. The summed E-state index contributed by atoms with van der Waals surface area (Å²) in [6.07, 6.45) is -72.0. The highest BCUT2D eigenvalue weighted by molar-refractivity contribution is 5.77. The molecule has 6 aliphatic heterocycles. The van der Waals surface area contributed by atoms with E-state index in [1.165, 1.54) is 0 Å². The van der Waals surface area contributed by atoms with E-state index in [4.69, 9.17) is 52.1 Å². The minimum atomic E-state index is -2.62. The molecule has 30 atom stereocenters. The molecule has 6 saturated heterocycles. The molecule has 37 heteroatoms. The SMILES string of the molecule is COC(=O)[C@H]1O[C@H](O[C@@H]2[C@H](O)[C@@H](O)[C@H](O[C@@H]3[C@H](O)[C@@H](O)[C@@H](O[C@@H]4[C@H](O)[C@@H](O)[C@@H](O[C@@H]5[C@H](O)[C@@H](O)[C@@H](O[C@@H]6[C@H](O)[C@@H](O)[C@@H](O)O[C@@H]6C(=O)OC)O[C@@H]5C(=O)O)O[C@@H]4C(=O)O)O[C@@H]3C(=O)O)O[C@@H]2C(=O)O)[C@H](O)[C@@H](O)[C@H]1O. The van der Waals surface area contributed by atoms with Gasteiger partial charge in [0.2, 0.25) is 0 Å². The van der Waals surface area contributed by atoms with Crippen LogP contribution in [0.5, 0.6) is 0 Å². The zero-order valence-electron chi connectivity index (χ0n) is 38.1. The Morgan fingerprint density at radius 1 is 0.280 bits per heavy atom. The highest BCUT2D eigenvalue weighted by atomic mass is 16.8. The molecular formula is C38H54O37. The van der Waals surface area contributed by atoms with Gasteiger partial charge in [0.25, 0.3) is 0 Å². The Balaban J connectivity index is 1.14. The van der Waals surface area contributed by atoms with E-state index in [1.54, 1.807) is 0 Å². The van der Waals surface area contributed by atoms with Gasteiger partial charge in [0.05, 0.1) is 14.2 Å². The molecule has 0 spiro atoms. The number of esters is 2. The highest BCUT2D eigenvalue weighted by Crippen LogP contribution is 2.37. The number of rotatable bonds is 16. The predicted octanol–water partition coefficient (Wildman–Crippen LogP) is -13.4. The Morgan fingerprint density at radius 3 is 0.773 bits per heavy atom. The molecule has 0 aromatic rings. The van der Waals surface area contributed by atoms with Gasteiger partial charge in [0, 0.05) is 0 Å². The number of methoxy groups -OCH3 is 2. The second-order valence-electron chi connectivity index (χ2n) is 17.4. The van der Waals surface area contributed by atoms with Crippen LogP contribution >= 0.6 is 0 Å². The van der Waals surface area contributed by atoms with Crippen LogP contribution in [0.25, 0.3) is 0 Å². The Hall–Kier alpha value is -4.18. The van der Waals surface area contributed by atoms with Gasteiger partial charge in [-0.15, -0.1) is 0 Å². The van der Waals surface area contributed by atoms with E-state index in [1.807, 2.05) is 0 Å². The maximum absolute atomic E-state index is 12.5. The van der Waals surface area contributed by atoms with Crippen molar-refractivity contribution in [3.8, 4) is 0 Å². The van der Waals surface area contributed by atoms with E-state index in [9.17, 15) is 121 Å². The summed E-state index contributed by atoms with van der Waals surface area (Å²) >= 11 is 0. The van der Waals surface area contributed by atoms with E-state index in [0.29, 0.717) is 0 Å². The van der Waals surface area contributed by atoms with Crippen LogP contribution in [0, 0.1) is 0 Å². The molecule has 0 aromatic heterocycles. The summed E-state index contributed by atoms with van der Waals surface area (Å²) in [5, 5.41) is 190. The van der Waals surface area contributed by atoms with Crippen LogP contribution in [0.4, 0.5) is 0 Å². The molecule has 0 aromatic carbocycles. The van der Waals surface area contributed by atoms with Gasteiger partial charge in [-0.25, -0.2) is 28.8 Å². The quantitative estimate of drug-likeness (QED) is 0.0638. The lowest BCUT2D eigenvalue weighted by atomic mass is 9.95. The van der Waals surface area contributed by atoms with Gasteiger partial charge in [0.1, 0.15) is 110 Å². The van der Waals surface area contributed by atoms with Gasteiger partial charge in [0.15, 0.2) is 74.4 Å². The number of carbonyl (C=O) groups is 6. The summed E-state index contributed by atoms with van der Waals surface area (Å²) in [6.45, 7) is 0. The molecular weight excluding hydrogens is 1050 g/mol. The van der Waals surface area contributed by atoms with Gasteiger partial charge in [-0.1, -0.05) is 0 Å². The first-order valence-electron chi connectivity index (χ1n) is 21.9. The van der Waals surface area contributed by atoms with Gasteiger partial charge in [-0.3, -0.25) is 0 Å². The van der Waals surface area contributed by atoms with Crippen molar-refractivity contribution in [2.45, 2.75) is 184 Å². The lowest BCUT2D eigenvalue weighted by molar-refractivity contribution is -0.386. The number of aliphatic carboxylic acids is 4. The second-order valence-corrected chi connectivity index (χ2v) is 17.4. The predicted molar refractivity (Wildman–Crippen MR) is 211 cm³/mol. The fourth-order valence-electron chi connectivity index (χ4n) is 8.55. The van der Waals surface area contributed by atoms with Gasteiger partial charge in [-0.2, -0.15) is 0 Å². The van der Waals surface area contributed by atoms with Crippen molar-refractivity contribution in [1.29, 1.82) is 0 Å². The maximum atomic E-state index is 12.5. The van der Waals surface area contributed by atoms with Crippen molar-refractivity contribution in [2.75, 3.05) is 14.2 Å². The van der Waals surface area contributed by atoms with Crippen LogP contribution in [0.15, 0.2) is 0 Å². The molecule has 6 heterocycles. The highest BCUT2D eigenvalue weighted by Gasteiger charge is 2.61. The van der Waals surface area contributed by atoms with Crippen molar-refractivity contribution in [3.63, 3.8) is 0 Å². The van der Waals surface area contributed by atoms with E-state index >= 15 is 0 Å². The average molecular weight is 1100 g/mol. The fraction of sp³-hybridized carbons (Fsp3) is 0.842. The summed E-state index contributed by atoms with van der Waals surface area (Å²) in [5.41, 5.74) is 0. The molecule has 0 aliphatic carbocycles. The van der Waals surface area contributed by atoms with E-state index in [-0.39, 0.29) is 0 Å². The largest absolute Gasteiger partial charge is 0.479 e. The van der Waals surface area contributed by atoms with Crippen molar-refractivity contribution >= 4 is 35.8 Å². The topological polar surface area (TPSA) is 587 Å². The van der Waals surface area contributed by atoms with Gasteiger partial charge >= 0.3 is 35.8 Å². The summed E-state index contributed by atoms with van der Waals surface area (Å²) in [5.74, 6) is -10.9. The second kappa shape index (κ2) is 24.2. The minimum Gasteiger partial charge on any atom is -0.479 e. The molecule has 18 N–H and O–H groups in total. The third-order valence-corrected chi connectivity index (χ3v) is 12.6. The number of carbonyl (C=O) groups excluding carboxylic acids is 2. The third kappa shape index (κ3) is 12.0. The smallest absolute Gasteiger partial charge is 0.337 e. The molecule has 6 fully saturated rings. The number of aliphatic hydroxyl groups is 14. The monoisotopic (exact) mass is 1100 g/mol. The van der Waals surface area contributed by atoms with Crippen molar-refractivity contribution < 1.29 is 182 Å². The maximum Gasteiger partial charge on any atom is 0.337 e. The fourth-order valence-corrected chi connectivity index (χ4v) is 8.55. The summed E-state index contributed by atoms with van der Waals surface area (Å²) in [7, 11) is 1.69. The van der Waals surface area contributed by atoms with Crippen LogP contribution in [0.1, 0.15) is 0 Å². The Labute approximate surface area is 416 Å². The number of hydrogen-bond acceptors (Lipinski definition) is 33. The molecule has 0 unspecified atom stereocenters.